The summed E-state index contributed by atoms with van der Waals surface area (Å²) in [5.74, 6) is -0.174. The van der Waals surface area contributed by atoms with Crippen molar-refractivity contribution in [2.24, 2.45) is 0 Å². The highest BCUT2D eigenvalue weighted by Crippen LogP contribution is 2.18. The number of benzene rings is 2. The molecule has 2 aromatic carbocycles. The van der Waals surface area contributed by atoms with Crippen LogP contribution in [0.2, 0.25) is 0 Å². The minimum Gasteiger partial charge on any atom is -0.490 e. The van der Waals surface area contributed by atoms with Crippen LogP contribution in [0.25, 0.3) is 6.08 Å². The number of carbonyl (C=O) groups excluding carboxylic acids is 2. The zero-order chi connectivity index (χ0) is 18.9. The van der Waals surface area contributed by atoms with Gasteiger partial charge in [-0.05, 0) is 42.7 Å². The van der Waals surface area contributed by atoms with E-state index in [-0.39, 0.29) is 24.8 Å². The highest BCUT2D eigenvalue weighted by atomic mass is 16.6. The molecule has 0 aliphatic rings. The van der Waals surface area contributed by atoms with Gasteiger partial charge in [-0.15, -0.1) is 0 Å². The first-order valence-corrected chi connectivity index (χ1v) is 8.37. The predicted molar refractivity (Wildman–Crippen MR) is 101 cm³/mol. The number of carbonyl (C=O) groups is 2. The van der Waals surface area contributed by atoms with Crippen LogP contribution in [-0.2, 0) is 14.3 Å². The Morgan fingerprint density at radius 2 is 1.77 bits per heavy atom. The normalized spacial score (nSPS) is 11.0. The molecule has 0 unspecified atom stereocenters. The van der Waals surface area contributed by atoms with Crippen LogP contribution in [0.5, 0.6) is 5.75 Å². The lowest BCUT2D eigenvalue weighted by atomic mass is 10.1. The molecule has 0 radical (unpaired) electrons. The van der Waals surface area contributed by atoms with Crippen LogP contribution in [0.1, 0.15) is 23.6 Å². The zero-order valence-electron chi connectivity index (χ0n) is 15.2. The molecule has 0 fully saturated rings. The van der Waals surface area contributed by atoms with Crippen LogP contribution in [0, 0.1) is 13.8 Å². The van der Waals surface area contributed by atoms with E-state index in [1.54, 1.807) is 6.08 Å². The third-order valence-electron chi connectivity index (χ3n) is 3.56. The maximum atomic E-state index is 12.3. The lowest BCUT2D eigenvalue weighted by Gasteiger charge is -2.12. The van der Waals surface area contributed by atoms with Crippen molar-refractivity contribution in [1.82, 2.24) is 5.32 Å². The molecule has 26 heavy (non-hydrogen) atoms. The molecule has 0 spiro atoms. The van der Waals surface area contributed by atoms with E-state index in [0.29, 0.717) is 0 Å². The molecule has 0 bridgehead atoms. The fraction of sp³-hybridized carbons (Fsp3) is 0.238. The van der Waals surface area contributed by atoms with Gasteiger partial charge in [-0.3, -0.25) is 4.79 Å². The number of nitrogens with one attached hydrogen (secondary N) is 1. The molecule has 2 aromatic rings. The van der Waals surface area contributed by atoms with Gasteiger partial charge in [0.25, 0.3) is 0 Å². The van der Waals surface area contributed by atoms with Gasteiger partial charge in [0.15, 0.2) is 0 Å². The Morgan fingerprint density at radius 1 is 1.04 bits per heavy atom. The topological polar surface area (TPSA) is 64.6 Å². The molecule has 136 valence electrons. The molecule has 0 saturated carbocycles. The van der Waals surface area contributed by atoms with E-state index in [1.165, 1.54) is 6.92 Å². The standard InChI is InChI=1S/C21H23NO4/c1-15-9-10-16(2)20(13-15)25-11-12-26-21(24)19(22-17(3)23)14-18-7-5-4-6-8-18/h4-10,13-14H,11-12H2,1-3H3,(H,22,23)/b19-14-. The molecule has 0 saturated heterocycles. The van der Waals surface area contributed by atoms with E-state index in [4.69, 9.17) is 9.47 Å². The summed E-state index contributed by atoms with van der Waals surface area (Å²) < 4.78 is 10.9. The van der Waals surface area contributed by atoms with Crippen molar-refractivity contribution in [2.75, 3.05) is 13.2 Å². The first-order valence-electron chi connectivity index (χ1n) is 8.37. The summed E-state index contributed by atoms with van der Waals surface area (Å²) in [4.78, 5) is 23.6. The lowest BCUT2D eigenvalue weighted by Crippen LogP contribution is -2.27. The highest BCUT2D eigenvalue weighted by molar-refractivity contribution is 5.97. The number of amides is 1. The summed E-state index contributed by atoms with van der Waals surface area (Å²) >= 11 is 0. The smallest absolute Gasteiger partial charge is 0.354 e. The van der Waals surface area contributed by atoms with Crippen molar-refractivity contribution in [3.63, 3.8) is 0 Å². The Hall–Kier alpha value is -3.08. The van der Waals surface area contributed by atoms with E-state index < -0.39 is 5.97 Å². The number of esters is 1. The fourth-order valence-corrected chi connectivity index (χ4v) is 2.28. The summed E-state index contributed by atoms with van der Waals surface area (Å²) in [5, 5.41) is 2.51. The van der Waals surface area contributed by atoms with Gasteiger partial charge in [-0.2, -0.15) is 0 Å². The molecular weight excluding hydrogens is 330 g/mol. The molecule has 0 aliphatic heterocycles. The summed E-state index contributed by atoms with van der Waals surface area (Å²) in [6, 6.07) is 15.2. The molecule has 5 heteroatoms. The number of rotatable bonds is 7. The zero-order valence-corrected chi connectivity index (χ0v) is 15.2. The van der Waals surface area contributed by atoms with Crippen molar-refractivity contribution >= 4 is 18.0 Å². The van der Waals surface area contributed by atoms with Crippen LogP contribution in [0.4, 0.5) is 0 Å². The van der Waals surface area contributed by atoms with Gasteiger partial charge < -0.3 is 14.8 Å². The van der Waals surface area contributed by atoms with Crippen LogP contribution in [-0.4, -0.2) is 25.1 Å². The first-order chi connectivity index (χ1) is 12.5. The Morgan fingerprint density at radius 3 is 2.46 bits per heavy atom. The number of ether oxygens (including phenoxy) is 2. The number of hydrogen-bond donors (Lipinski definition) is 1. The second-order valence-corrected chi connectivity index (χ2v) is 5.90. The fourth-order valence-electron chi connectivity index (χ4n) is 2.28. The van der Waals surface area contributed by atoms with Gasteiger partial charge in [0.2, 0.25) is 5.91 Å². The first kappa shape index (κ1) is 19.2. The number of hydrogen-bond acceptors (Lipinski definition) is 4. The SMILES string of the molecule is CC(=O)N/C(=C\c1ccccc1)C(=O)OCCOc1cc(C)ccc1C. The quantitative estimate of drug-likeness (QED) is 0.471. The maximum absolute atomic E-state index is 12.3. The Bertz CT molecular complexity index is 797. The predicted octanol–water partition coefficient (Wildman–Crippen LogP) is 3.40. The van der Waals surface area contributed by atoms with Crippen molar-refractivity contribution < 1.29 is 19.1 Å². The van der Waals surface area contributed by atoms with E-state index in [0.717, 1.165) is 22.4 Å². The van der Waals surface area contributed by atoms with Gasteiger partial charge in [0.05, 0.1) is 0 Å². The minimum atomic E-state index is -0.603. The summed E-state index contributed by atoms with van der Waals surface area (Å²) in [6.45, 7) is 5.60. The van der Waals surface area contributed by atoms with Crippen LogP contribution in [0.3, 0.4) is 0 Å². The van der Waals surface area contributed by atoms with E-state index in [1.807, 2.05) is 62.4 Å². The van der Waals surface area contributed by atoms with Gasteiger partial charge >= 0.3 is 5.97 Å². The van der Waals surface area contributed by atoms with Crippen molar-refractivity contribution in [2.45, 2.75) is 20.8 Å². The molecule has 0 aliphatic carbocycles. The number of aryl methyl sites for hydroxylation is 2. The van der Waals surface area contributed by atoms with Crippen molar-refractivity contribution in [3.05, 3.63) is 70.9 Å². The monoisotopic (exact) mass is 353 g/mol. The van der Waals surface area contributed by atoms with Crippen LogP contribution >= 0.6 is 0 Å². The summed E-state index contributed by atoms with van der Waals surface area (Å²) in [5.41, 5.74) is 3.00. The van der Waals surface area contributed by atoms with Gasteiger partial charge in [0.1, 0.15) is 24.7 Å². The molecule has 0 heterocycles. The molecular formula is C21H23NO4. The average Bonchev–Trinajstić information content (AvgIpc) is 2.61. The molecule has 1 amide bonds. The van der Waals surface area contributed by atoms with Crippen molar-refractivity contribution in [1.29, 1.82) is 0 Å². The summed E-state index contributed by atoms with van der Waals surface area (Å²) in [7, 11) is 0. The Labute approximate surface area is 153 Å². The summed E-state index contributed by atoms with van der Waals surface area (Å²) in [6.07, 6.45) is 1.58. The third-order valence-corrected chi connectivity index (χ3v) is 3.56. The second-order valence-electron chi connectivity index (χ2n) is 5.90. The maximum Gasteiger partial charge on any atom is 0.354 e. The van der Waals surface area contributed by atoms with Gasteiger partial charge in [-0.25, -0.2) is 4.79 Å². The molecule has 1 N–H and O–H groups in total. The van der Waals surface area contributed by atoms with Crippen LogP contribution in [0.15, 0.2) is 54.2 Å². The third kappa shape index (κ3) is 6.09. The Balaban J connectivity index is 1.93. The van der Waals surface area contributed by atoms with E-state index in [2.05, 4.69) is 5.32 Å². The molecule has 0 atom stereocenters. The lowest BCUT2D eigenvalue weighted by molar-refractivity contribution is -0.141. The van der Waals surface area contributed by atoms with E-state index in [9.17, 15) is 9.59 Å². The molecule has 5 nitrogen and oxygen atoms in total. The Kier molecular flexibility index (Phi) is 6.97. The van der Waals surface area contributed by atoms with E-state index >= 15 is 0 Å². The van der Waals surface area contributed by atoms with Crippen molar-refractivity contribution in [3.8, 4) is 5.75 Å². The van der Waals surface area contributed by atoms with Gasteiger partial charge in [-0.1, -0.05) is 42.5 Å². The molecule has 0 aromatic heterocycles. The molecule has 2 rings (SSSR count). The van der Waals surface area contributed by atoms with Gasteiger partial charge in [0, 0.05) is 6.92 Å². The largest absolute Gasteiger partial charge is 0.490 e. The second kappa shape index (κ2) is 9.42. The highest BCUT2D eigenvalue weighted by Gasteiger charge is 2.13. The van der Waals surface area contributed by atoms with Crippen LogP contribution < -0.4 is 10.1 Å². The average molecular weight is 353 g/mol. The minimum absolute atomic E-state index is 0.0813.